The molecule has 0 radical (unpaired) electrons. The van der Waals surface area contributed by atoms with E-state index in [1.807, 2.05) is 18.2 Å². The highest BCUT2D eigenvalue weighted by Crippen LogP contribution is 2.31. The largest absolute Gasteiger partial charge is 0.493 e. The Morgan fingerprint density at radius 2 is 1.95 bits per heavy atom. The zero-order valence-corrected chi connectivity index (χ0v) is 12.0. The number of hydrogen-bond acceptors (Lipinski definition) is 4. The Balaban J connectivity index is 2.18. The van der Waals surface area contributed by atoms with Gasteiger partial charge in [-0.25, -0.2) is 0 Å². The molecule has 21 heavy (non-hydrogen) atoms. The molecule has 2 aromatic rings. The van der Waals surface area contributed by atoms with E-state index in [2.05, 4.69) is 6.07 Å². The van der Waals surface area contributed by atoms with Crippen LogP contribution in [-0.4, -0.2) is 12.2 Å². The zero-order chi connectivity index (χ0) is 15.2. The summed E-state index contributed by atoms with van der Waals surface area (Å²) in [5.74, 6) is 1.14. The van der Waals surface area contributed by atoms with Gasteiger partial charge in [0.25, 0.3) is 0 Å². The fourth-order valence-corrected chi connectivity index (χ4v) is 1.97. The fourth-order valence-electron chi connectivity index (χ4n) is 1.97. The van der Waals surface area contributed by atoms with Gasteiger partial charge in [-0.3, -0.25) is 0 Å². The number of methoxy groups -OCH3 is 1. The van der Waals surface area contributed by atoms with Crippen LogP contribution in [0.25, 0.3) is 0 Å². The highest BCUT2D eigenvalue weighted by Gasteiger charge is 2.10. The van der Waals surface area contributed by atoms with Gasteiger partial charge in [-0.2, -0.15) is 5.26 Å². The summed E-state index contributed by atoms with van der Waals surface area (Å²) in [6.45, 7) is 1.98. The predicted octanol–water partition coefficient (Wildman–Crippen LogP) is 3.20. The van der Waals surface area contributed by atoms with Crippen molar-refractivity contribution in [2.24, 2.45) is 0 Å². The smallest absolute Gasteiger partial charge is 0.161 e. The maximum Gasteiger partial charge on any atom is 0.161 e. The topological polar surface area (TPSA) is 62.5 Å². The Bertz CT molecular complexity index is 659. The lowest BCUT2D eigenvalue weighted by atomic mass is 10.1. The molecule has 0 amide bonds. The molecule has 4 nitrogen and oxygen atoms in total. The van der Waals surface area contributed by atoms with E-state index in [1.54, 1.807) is 38.3 Å². The molecular weight excluding hydrogens is 266 g/mol. The van der Waals surface area contributed by atoms with Crippen LogP contribution in [-0.2, 0) is 6.61 Å². The van der Waals surface area contributed by atoms with Crippen molar-refractivity contribution in [3.05, 3.63) is 59.2 Å². The van der Waals surface area contributed by atoms with Crippen molar-refractivity contribution in [3.8, 4) is 17.6 Å². The van der Waals surface area contributed by atoms with Crippen LogP contribution in [0.15, 0.2) is 42.5 Å². The molecule has 0 saturated carbocycles. The fraction of sp³-hybridized carbons (Fsp3) is 0.235. The summed E-state index contributed by atoms with van der Waals surface area (Å²) in [5, 5.41) is 18.6. The minimum atomic E-state index is -0.563. The lowest BCUT2D eigenvalue weighted by Gasteiger charge is -2.13. The number of ether oxygens (including phenoxy) is 2. The van der Waals surface area contributed by atoms with Crippen LogP contribution in [0.5, 0.6) is 11.5 Å². The summed E-state index contributed by atoms with van der Waals surface area (Å²) in [4.78, 5) is 0. The van der Waals surface area contributed by atoms with Crippen LogP contribution >= 0.6 is 0 Å². The summed E-state index contributed by atoms with van der Waals surface area (Å²) < 4.78 is 11.0. The Kier molecular flexibility index (Phi) is 4.81. The molecule has 0 heterocycles. The highest BCUT2D eigenvalue weighted by molar-refractivity contribution is 5.44. The summed E-state index contributed by atoms with van der Waals surface area (Å²) in [6, 6.07) is 14.7. The third-order valence-corrected chi connectivity index (χ3v) is 3.19. The predicted molar refractivity (Wildman–Crippen MR) is 79.1 cm³/mol. The minimum absolute atomic E-state index is 0.286. The van der Waals surface area contributed by atoms with Gasteiger partial charge in [0.1, 0.15) is 6.61 Å². The third-order valence-electron chi connectivity index (χ3n) is 3.19. The van der Waals surface area contributed by atoms with Crippen LogP contribution in [0.3, 0.4) is 0 Å². The Hall–Kier alpha value is -2.51. The molecule has 4 heteroatoms. The van der Waals surface area contributed by atoms with Gasteiger partial charge in [0.2, 0.25) is 0 Å². The molecule has 0 aliphatic carbocycles. The first-order valence-electron chi connectivity index (χ1n) is 6.62. The summed E-state index contributed by atoms with van der Waals surface area (Å²) in [5.41, 5.74) is 2.18. The lowest BCUT2D eigenvalue weighted by molar-refractivity contribution is 0.198. The molecule has 0 bridgehead atoms. The second-order valence-corrected chi connectivity index (χ2v) is 4.64. The normalized spacial score (nSPS) is 11.5. The number of hydrogen-bond donors (Lipinski definition) is 1. The number of aliphatic hydroxyl groups excluding tert-OH is 1. The van der Waals surface area contributed by atoms with E-state index in [0.29, 0.717) is 17.1 Å². The van der Waals surface area contributed by atoms with E-state index in [1.165, 1.54) is 0 Å². The number of benzene rings is 2. The molecule has 1 N–H and O–H groups in total. The van der Waals surface area contributed by atoms with E-state index in [4.69, 9.17) is 14.7 Å². The average Bonchev–Trinajstić information content (AvgIpc) is 2.52. The summed E-state index contributed by atoms with van der Waals surface area (Å²) >= 11 is 0. The third kappa shape index (κ3) is 3.53. The molecule has 0 spiro atoms. The van der Waals surface area contributed by atoms with Crippen molar-refractivity contribution in [3.63, 3.8) is 0 Å². The van der Waals surface area contributed by atoms with Crippen molar-refractivity contribution in [1.82, 2.24) is 0 Å². The van der Waals surface area contributed by atoms with Gasteiger partial charge in [-0.05, 0) is 30.7 Å². The van der Waals surface area contributed by atoms with Gasteiger partial charge < -0.3 is 14.6 Å². The summed E-state index contributed by atoms with van der Waals surface area (Å²) in [7, 11) is 1.55. The number of rotatable bonds is 5. The standard InChI is InChI=1S/C17H17NO3/c1-12(19)13-7-8-16(17(9-13)20-2)21-11-15-6-4-3-5-14(15)10-18/h3-9,12,19H,11H2,1-2H3/t12-/m1/s1. The number of aliphatic hydroxyl groups is 1. The molecule has 2 aromatic carbocycles. The second-order valence-electron chi connectivity index (χ2n) is 4.64. The van der Waals surface area contributed by atoms with E-state index >= 15 is 0 Å². The Morgan fingerprint density at radius 1 is 1.19 bits per heavy atom. The molecule has 0 aliphatic rings. The van der Waals surface area contributed by atoms with Gasteiger partial charge in [-0.1, -0.05) is 24.3 Å². The van der Waals surface area contributed by atoms with E-state index in [-0.39, 0.29) is 6.61 Å². The molecular formula is C17H17NO3. The van der Waals surface area contributed by atoms with Gasteiger partial charge >= 0.3 is 0 Å². The van der Waals surface area contributed by atoms with E-state index in [0.717, 1.165) is 11.1 Å². The first kappa shape index (κ1) is 14.9. The van der Waals surface area contributed by atoms with Crippen molar-refractivity contribution < 1.29 is 14.6 Å². The van der Waals surface area contributed by atoms with Crippen molar-refractivity contribution in [1.29, 1.82) is 5.26 Å². The summed E-state index contributed by atoms with van der Waals surface area (Å²) in [6.07, 6.45) is -0.563. The van der Waals surface area contributed by atoms with Crippen molar-refractivity contribution >= 4 is 0 Å². The molecule has 108 valence electrons. The van der Waals surface area contributed by atoms with Gasteiger partial charge in [0.15, 0.2) is 11.5 Å². The molecule has 2 rings (SSSR count). The average molecular weight is 283 g/mol. The Labute approximate surface area is 124 Å². The van der Waals surface area contributed by atoms with Gasteiger partial charge in [0, 0.05) is 5.56 Å². The minimum Gasteiger partial charge on any atom is -0.493 e. The molecule has 1 atom stereocenters. The number of nitrogens with zero attached hydrogens (tertiary/aromatic N) is 1. The van der Waals surface area contributed by atoms with Crippen LogP contribution in [0.1, 0.15) is 29.7 Å². The Morgan fingerprint density at radius 3 is 2.62 bits per heavy atom. The van der Waals surface area contributed by atoms with Gasteiger partial charge in [-0.15, -0.1) is 0 Å². The van der Waals surface area contributed by atoms with Crippen molar-refractivity contribution in [2.75, 3.05) is 7.11 Å². The van der Waals surface area contributed by atoms with Crippen LogP contribution in [0.4, 0.5) is 0 Å². The van der Waals surface area contributed by atoms with E-state index < -0.39 is 6.10 Å². The maximum atomic E-state index is 9.58. The monoisotopic (exact) mass is 283 g/mol. The van der Waals surface area contributed by atoms with Crippen molar-refractivity contribution in [2.45, 2.75) is 19.6 Å². The van der Waals surface area contributed by atoms with Crippen LogP contribution in [0, 0.1) is 11.3 Å². The maximum absolute atomic E-state index is 9.58. The highest BCUT2D eigenvalue weighted by atomic mass is 16.5. The van der Waals surface area contributed by atoms with Crippen LogP contribution < -0.4 is 9.47 Å². The quantitative estimate of drug-likeness (QED) is 0.915. The lowest BCUT2D eigenvalue weighted by Crippen LogP contribution is -2.01. The second kappa shape index (κ2) is 6.78. The molecule has 0 saturated heterocycles. The molecule has 0 aromatic heterocycles. The SMILES string of the molecule is COc1cc([C@@H](C)O)ccc1OCc1ccccc1C#N. The molecule has 0 fully saturated rings. The first-order chi connectivity index (χ1) is 10.2. The first-order valence-corrected chi connectivity index (χ1v) is 6.62. The number of nitriles is 1. The van der Waals surface area contributed by atoms with Gasteiger partial charge in [0.05, 0.1) is 24.8 Å². The molecule has 0 unspecified atom stereocenters. The van der Waals surface area contributed by atoms with Crippen LogP contribution in [0.2, 0.25) is 0 Å². The zero-order valence-electron chi connectivity index (χ0n) is 12.0. The van der Waals surface area contributed by atoms with E-state index in [9.17, 15) is 5.11 Å². The molecule has 0 aliphatic heterocycles.